The number of carbonyl (C=O) groups excluding carboxylic acids is 2. The van der Waals surface area contributed by atoms with Gasteiger partial charge in [-0.15, -0.1) is 10.2 Å². The van der Waals surface area contributed by atoms with Crippen molar-refractivity contribution in [3.63, 3.8) is 0 Å². The molecule has 1 aromatic heterocycles. The molecule has 1 atom stereocenters. The lowest BCUT2D eigenvalue weighted by Gasteiger charge is -2.13. The smallest absolute Gasteiger partial charge is 0.248 e. The highest BCUT2D eigenvalue weighted by atomic mass is 32.1. The Bertz CT molecular complexity index is 745. The number of carbonyl (C=O) groups is 2. The predicted molar refractivity (Wildman–Crippen MR) is 97.6 cm³/mol. The lowest BCUT2D eigenvalue weighted by Crippen LogP contribution is -2.41. The van der Waals surface area contributed by atoms with Gasteiger partial charge in [0.25, 0.3) is 0 Å². The van der Waals surface area contributed by atoms with E-state index in [0.717, 1.165) is 11.3 Å². The zero-order chi connectivity index (χ0) is 18.4. The number of benzene rings is 1. The summed E-state index contributed by atoms with van der Waals surface area (Å²) in [6, 6.07) is 6.80. The van der Waals surface area contributed by atoms with Crippen LogP contribution < -0.4 is 15.4 Å². The van der Waals surface area contributed by atoms with Crippen molar-refractivity contribution >= 4 is 28.3 Å². The van der Waals surface area contributed by atoms with Crippen molar-refractivity contribution in [2.75, 3.05) is 12.4 Å². The molecule has 8 heteroatoms. The van der Waals surface area contributed by atoms with E-state index in [-0.39, 0.29) is 17.7 Å². The number of rotatable bonds is 7. The first-order valence-electron chi connectivity index (χ1n) is 7.97. The summed E-state index contributed by atoms with van der Waals surface area (Å²) in [5.41, 5.74) is 0.857. The van der Waals surface area contributed by atoms with Crippen molar-refractivity contribution in [1.29, 1.82) is 0 Å². The van der Waals surface area contributed by atoms with E-state index in [2.05, 4.69) is 20.8 Å². The maximum Gasteiger partial charge on any atom is 0.248 e. The van der Waals surface area contributed by atoms with Crippen LogP contribution in [0.5, 0.6) is 5.75 Å². The largest absolute Gasteiger partial charge is 0.497 e. The van der Waals surface area contributed by atoms with Gasteiger partial charge in [0, 0.05) is 12.0 Å². The van der Waals surface area contributed by atoms with Gasteiger partial charge in [0.05, 0.1) is 7.11 Å². The first-order valence-corrected chi connectivity index (χ1v) is 8.79. The summed E-state index contributed by atoms with van der Waals surface area (Å²) in [5.74, 6) is 0.487. The van der Waals surface area contributed by atoms with Gasteiger partial charge in [0.15, 0.2) is 0 Å². The number of nitrogens with one attached hydrogen (secondary N) is 2. The average molecular weight is 362 g/mol. The second-order valence-corrected chi connectivity index (χ2v) is 7.00. The third-order valence-electron chi connectivity index (χ3n) is 3.34. The molecule has 1 aromatic carbocycles. The maximum absolute atomic E-state index is 12.2. The summed E-state index contributed by atoms with van der Waals surface area (Å²) in [6.07, 6.45) is 0.385. The molecule has 2 rings (SSSR count). The van der Waals surface area contributed by atoms with Gasteiger partial charge in [-0.2, -0.15) is 0 Å². The summed E-state index contributed by atoms with van der Waals surface area (Å²) in [7, 11) is 1.60. The Kier molecular flexibility index (Phi) is 6.46. The van der Waals surface area contributed by atoms with Gasteiger partial charge in [-0.25, -0.2) is 0 Å². The maximum atomic E-state index is 12.2. The van der Waals surface area contributed by atoms with Crippen molar-refractivity contribution in [2.45, 2.75) is 33.2 Å². The number of hydrogen-bond acceptors (Lipinski definition) is 6. The minimum atomic E-state index is -0.643. The van der Waals surface area contributed by atoms with E-state index in [0.29, 0.717) is 16.6 Å². The molecule has 1 heterocycles. The Morgan fingerprint density at radius 2 is 2.00 bits per heavy atom. The number of methoxy groups -OCH3 is 1. The number of nitrogens with zero attached hydrogens (tertiary/aromatic N) is 2. The van der Waals surface area contributed by atoms with Crippen LogP contribution in [0.15, 0.2) is 24.3 Å². The van der Waals surface area contributed by atoms with Gasteiger partial charge in [0.1, 0.15) is 16.8 Å². The highest BCUT2D eigenvalue weighted by Gasteiger charge is 2.18. The number of hydrogen-bond donors (Lipinski definition) is 2. The van der Waals surface area contributed by atoms with Crippen LogP contribution in [0.4, 0.5) is 5.13 Å². The highest BCUT2D eigenvalue weighted by molar-refractivity contribution is 7.18. The average Bonchev–Trinajstić information content (AvgIpc) is 3.02. The molecule has 0 spiro atoms. The monoisotopic (exact) mass is 362 g/mol. The number of anilines is 1. The van der Waals surface area contributed by atoms with Crippen molar-refractivity contribution < 1.29 is 14.3 Å². The van der Waals surface area contributed by atoms with Crippen molar-refractivity contribution in [1.82, 2.24) is 15.5 Å². The summed E-state index contributed by atoms with van der Waals surface area (Å²) in [4.78, 5) is 23.9. The van der Waals surface area contributed by atoms with Crippen molar-refractivity contribution in [3.8, 4) is 16.3 Å². The predicted octanol–water partition coefficient (Wildman–Crippen LogP) is 2.70. The lowest BCUT2D eigenvalue weighted by molar-refractivity contribution is -0.126. The van der Waals surface area contributed by atoms with Crippen molar-refractivity contribution in [2.24, 2.45) is 5.92 Å². The van der Waals surface area contributed by atoms with Crippen LogP contribution in [0.2, 0.25) is 0 Å². The molecule has 2 N–H and O–H groups in total. The normalized spacial score (nSPS) is 11.9. The van der Waals surface area contributed by atoms with Crippen LogP contribution in [-0.2, 0) is 9.59 Å². The molecule has 0 unspecified atom stereocenters. The molecule has 0 aliphatic heterocycles. The van der Waals surface area contributed by atoms with E-state index < -0.39 is 6.04 Å². The van der Waals surface area contributed by atoms with Gasteiger partial charge >= 0.3 is 0 Å². The fourth-order valence-corrected chi connectivity index (χ4v) is 2.84. The Hall–Kier alpha value is -2.48. The Morgan fingerprint density at radius 3 is 2.68 bits per heavy atom. The molecule has 0 aliphatic carbocycles. The fraction of sp³-hybridized carbons (Fsp3) is 0.412. The molecule has 2 amide bonds. The Morgan fingerprint density at radius 1 is 1.24 bits per heavy atom. The topological polar surface area (TPSA) is 93.2 Å². The third-order valence-corrected chi connectivity index (χ3v) is 4.22. The molecule has 134 valence electrons. The van der Waals surface area contributed by atoms with E-state index in [1.807, 2.05) is 38.1 Å². The molecular formula is C17H22N4O3S. The van der Waals surface area contributed by atoms with Crippen molar-refractivity contribution in [3.05, 3.63) is 24.3 Å². The molecule has 0 saturated heterocycles. The van der Waals surface area contributed by atoms with E-state index in [4.69, 9.17) is 4.74 Å². The second-order valence-electron chi connectivity index (χ2n) is 6.02. The zero-order valence-electron chi connectivity index (χ0n) is 14.7. The summed E-state index contributed by atoms with van der Waals surface area (Å²) in [6.45, 7) is 5.54. The molecular weight excluding hydrogens is 340 g/mol. The van der Waals surface area contributed by atoms with Gasteiger partial charge in [-0.1, -0.05) is 37.3 Å². The number of ether oxygens (including phenoxy) is 1. The number of amides is 2. The van der Waals surface area contributed by atoms with Gasteiger partial charge < -0.3 is 10.1 Å². The molecule has 7 nitrogen and oxygen atoms in total. The lowest BCUT2D eigenvalue weighted by atomic mass is 10.1. The van der Waals surface area contributed by atoms with E-state index in [1.165, 1.54) is 11.3 Å². The first kappa shape index (κ1) is 18.9. The van der Waals surface area contributed by atoms with Crippen LogP contribution in [0.25, 0.3) is 10.6 Å². The van der Waals surface area contributed by atoms with Crippen LogP contribution in [-0.4, -0.2) is 35.2 Å². The molecule has 25 heavy (non-hydrogen) atoms. The van der Waals surface area contributed by atoms with Crippen LogP contribution in [0, 0.1) is 5.92 Å². The van der Waals surface area contributed by atoms with Gasteiger partial charge in [0.2, 0.25) is 16.9 Å². The minimum absolute atomic E-state index is 0.146. The van der Waals surface area contributed by atoms with Crippen LogP contribution >= 0.6 is 11.3 Å². The van der Waals surface area contributed by atoms with Crippen LogP contribution in [0.3, 0.4) is 0 Å². The van der Waals surface area contributed by atoms with Gasteiger partial charge in [-0.05, 0) is 25.0 Å². The number of aromatic nitrogens is 2. The quantitative estimate of drug-likeness (QED) is 0.790. The minimum Gasteiger partial charge on any atom is -0.497 e. The molecule has 0 fully saturated rings. The Balaban J connectivity index is 1.98. The summed E-state index contributed by atoms with van der Waals surface area (Å²) >= 11 is 1.26. The molecule has 0 saturated carbocycles. The molecule has 0 bridgehead atoms. The molecule has 0 radical (unpaired) electrons. The molecule has 2 aromatic rings. The van der Waals surface area contributed by atoms with E-state index in [1.54, 1.807) is 14.0 Å². The first-order chi connectivity index (χ1) is 11.9. The SMILES string of the molecule is COc1cccc(-c2nnc(NC(=O)[C@H](C)NC(=O)CC(C)C)s2)c1. The zero-order valence-corrected chi connectivity index (χ0v) is 15.5. The summed E-state index contributed by atoms with van der Waals surface area (Å²) < 4.78 is 5.19. The van der Waals surface area contributed by atoms with E-state index in [9.17, 15) is 9.59 Å². The summed E-state index contributed by atoms with van der Waals surface area (Å²) in [5, 5.41) is 14.5. The van der Waals surface area contributed by atoms with E-state index >= 15 is 0 Å². The van der Waals surface area contributed by atoms with Gasteiger partial charge in [-0.3, -0.25) is 14.9 Å². The molecule has 0 aliphatic rings. The third kappa shape index (κ3) is 5.53. The highest BCUT2D eigenvalue weighted by Crippen LogP contribution is 2.28. The van der Waals surface area contributed by atoms with Crippen LogP contribution in [0.1, 0.15) is 27.2 Å². The second kappa shape index (κ2) is 8.57. The fourth-order valence-electron chi connectivity index (χ4n) is 2.10. The standard InChI is InChI=1S/C17H22N4O3S/c1-10(2)8-14(22)18-11(3)15(23)19-17-21-20-16(25-17)12-6-5-7-13(9-12)24-4/h5-7,9-11H,8H2,1-4H3,(H,18,22)(H,19,21,23)/t11-/m0/s1. The Labute approximate surface area is 150 Å².